The van der Waals surface area contributed by atoms with Crippen LogP contribution < -0.4 is 10.5 Å². The molecule has 1 aliphatic rings. The average Bonchev–Trinajstić information content (AvgIpc) is 3.35. The van der Waals surface area contributed by atoms with Gasteiger partial charge in [0.1, 0.15) is 24.7 Å². The van der Waals surface area contributed by atoms with Gasteiger partial charge in [-0.3, -0.25) is 0 Å². The maximum atomic E-state index is 13.4. The Morgan fingerprint density at radius 1 is 1.07 bits per heavy atom. The lowest BCUT2D eigenvalue weighted by Crippen LogP contribution is -2.25. The molecule has 0 aliphatic carbocycles. The molecule has 0 radical (unpaired) electrons. The Morgan fingerprint density at radius 2 is 1.86 bits per heavy atom. The minimum absolute atomic E-state index is 0.0331. The highest BCUT2D eigenvalue weighted by Gasteiger charge is 2.37. The molecule has 1 fully saturated rings. The molecule has 2 unspecified atom stereocenters. The Labute approximate surface area is 241 Å². The fourth-order valence-electron chi connectivity index (χ4n) is 4.13. The van der Waals surface area contributed by atoms with Gasteiger partial charge in [0, 0.05) is 17.7 Å². The molecule has 0 saturated carbocycles. The average molecular weight is 619 g/mol. The second-order valence-electron chi connectivity index (χ2n) is 9.42. The van der Waals surface area contributed by atoms with E-state index < -0.39 is 48.0 Å². The summed E-state index contributed by atoms with van der Waals surface area (Å²) >= 11 is 0. The van der Waals surface area contributed by atoms with Gasteiger partial charge < -0.3 is 29.4 Å². The van der Waals surface area contributed by atoms with Gasteiger partial charge in [0.2, 0.25) is 6.23 Å². The van der Waals surface area contributed by atoms with Gasteiger partial charge >= 0.3 is 18.5 Å². The van der Waals surface area contributed by atoms with Crippen LogP contribution in [0.3, 0.4) is 0 Å². The van der Waals surface area contributed by atoms with Crippen molar-refractivity contribution in [1.29, 1.82) is 0 Å². The first-order valence-corrected chi connectivity index (χ1v) is 13.1. The molecule has 1 aliphatic heterocycles. The highest BCUT2D eigenvalue weighted by Crippen LogP contribution is 2.37. The highest BCUT2D eigenvalue weighted by molar-refractivity contribution is 5.70. The highest BCUT2D eigenvalue weighted by atomic mass is 19.4. The largest absolute Gasteiger partial charge is 0.510 e. The predicted octanol–water partition coefficient (Wildman–Crippen LogP) is 6.36. The summed E-state index contributed by atoms with van der Waals surface area (Å²) < 4.78 is 106. The number of aromatic nitrogens is 3. The topological polar surface area (TPSA) is 120 Å². The van der Waals surface area contributed by atoms with E-state index in [0.29, 0.717) is 30.4 Å². The Balaban J connectivity index is 1.37. The molecule has 4 rings (SSSR count). The molecule has 0 bridgehead atoms. The van der Waals surface area contributed by atoms with Crippen molar-refractivity contribution >= 4 is 12.0 Å². The fraction of sp³-hybridized carbons (Fsp3) is 0.444. The van der Waals surface area contributed by atoms with E-state index in [1.807, 2.05) is 0 Å². The molecule has 1 saturated heterocycles. The number of alkyl halides is 6. The Hall–Kier alpha value is -4.05. The van der Waals surface area contributed by atoms with Crippen molar-refractivity contribution in [3.63, 3.8) is 0 Å². The second-order valence-corrected chi connectivity index (χ2v) is 9.42. The van der Waals surface area contributed by atoms with E-state index in [1.54, 1.807) is 6.07 Å². The third-order valence-corrected chi connectivity index (χ3v) is 6.23. The van der Waals surface area contributed by atoms with Gasteiger partial charge in [-0.1, -0.05) is 12.1 Å². The van der Waals surface area contributed by atoms with Crippen LogP contribution in [0, 0.1) is 0 Å². The van der Waals surface area contributed by atoms with Gasteiger partial charge in [-0.25, -0.2) is 4.79 Å². The fourth-order valence-corrected chi connectivity index (χ4v) is 4.13. The molecule has 234 valence electrons. The van der Waals surface area contributed by atoms with E-state index in [1.165, 1.54) is 25.1 Å². The van der Waals surface area contributed by atoms with Gasteiger partial charge in [0.05, 0.1) is 17.7 Å². The van der Waals surface area contributed by atoms with Crippen molar-refractivity contribution in [2.45, 2.75) is 57.7 Å². The van der Waals surface area contributed by atoms with Crippen LogP contribution in [0.5, 0.6) is 5.75 Å². The van der Waals surface area contributed by atoms with Crippen molar-refractivity contribution < 1.29 is 54.8 Å². The number of ether oxygens (including phenoxy) is 5. The summed E-state index contributed by atoms with van der Waals surface area (Å²) in [6.45, 7) is 1.34. The van der Waals surface area contributed by atoms with E-state index in [9.17, 15) is 31.1 Å². The Morgan fingerprint density at radius 3 is 2.56 bits per heavy atom. The quantitative estimate of drug-likeness (QED) is 0.157. The molecule has 0 amide bonds. The molecule has 10 nitrogen and oxygen atoms in total. The number of hydrogen-bond acceptors (Lipinski definition) is 9. The van der Waals surface area contributed by atoms with Crippen LogP contribution >= 0.6 is 0 Å². The Kier molecular flexibility index (Phi) is 10.0. The number of carbonyl (C=O) groups excluding carboxylic acids is 1. The third-order valence-electron chi connectivity index (χ3n) is 6.23. The maximum Gasteiger partial charge on any atom is 0.510 e. The first-order chi connectivity index (χ1) is 20.3. The molecule has 16 heteroatoms. The summed E-state index contributed by atoms with van der Waals surface area (Å²) in [5.74, 6) is -0.0372. The summed E-state index contributed by atoms with van der Waals surface area (Å²) in [4.78, 5) is 13.1. The first-order valence-electron chi connectivity index (χ1n) is 13.1. The van der Waals surface area contributed by atoms with Gasteiger partial charge in [-0.15, -0.1) is 15.0 Å². The molecule has 2 atom stereocenters. The number of nitrogen functional groups attached to an aromatic ring is 1. The second kappa shape index (κ2) is 13.5. The minimum Gasteiger partial charge on any atom is -0.489 e. The molecule has 43 heavy (non-hydrogen) atoms. The van der Waals surface area contributed by atoms with Crippen LogP contribution in [0.4, 0.5) is 37.0 Å². The zero-order valence-electron chi connectivity index (χ0n) is 22.8. The van der Waals surface area contributed by atoms with Crippen molar-refractivity contribution in [3.05, 3.63) is 59.2 Å². The van der Waals surface area contributed by atoms with Crippen molar-refractivity contribution in [2.24, 2.45) is 0 Å². The number of nitrogens with two attached hydrogens (primary N) is 1. The molecule has 3 aromatic rings. The summed E-state index contributed by atoms with van der Waals surface area (Å²) in [6.07, 6.45) is -9.36. The number of benzene rings is 2. The van der Waals surface area contributed by atoms with E-state index >= 15 is 0 Å². The lowest BCUT2D eigenvalue weighted by Gasteiger charge is -2.22. The summed E-state index contributed by atoms with van der Waals surface area (Å²) in [5, 5.41) is 8.24. The van der Waals surface area contributed by atoms with E-state index in [0.717, 1.165) is 24.1 Å². The smallest absolute Gasteiger partial charge is 0.489 e. The van der Waals surface area contributed by atoms with Gasteiger partial charge in [0.15, 0.2) is 12.1 Å². The zero-order chi connectivity index (χ0) is 31.2. The lowest BCUT2D eigenvalue weighted by molar-refractivity contribution is -0.168. The van der Waals surface area contributed by atoms with Crippen molar-refractivity contribution in [1.82, 2.24) is 15.0 Å². The zero-order valence-corrected chi connectivity index (χ0v) is 22.8. The number of hydrogen-bond donors (Lipinski definition) is 1. The van der Waals surface area contributed by atoms with Crippen LogP contribution in [-0.2, 0) is 37.9 Å². The van der Waals surface area contributed by atoms with Gasteiger partial charge in [0.25, 0.3) is 0 Å². The SMILES string of the molecule is CC(OC(=O)OCCOC1CCCCO1)n1nc(N)c(-c2cccc(OCc3cc(C(F)(F)F)ccc3C(F)(F)F)c2)n1. The van der Waals surface area contributed by atoms with Crippen LogP contribution in [-0.4, -0.2) is 47.3 Å². The van der Waals surface area contributed by atoms with Crippen LogP contribution in [0.25, 0.3) is 11.3 Å². The molecular formula is C27H28F6N4O6. The normalized spacial score (nSPS) is 16.5. The maximum absolute atomic E-state index is 13.4. The Bertz CT molecular complexity index is 1390. The summed E-state index contributed by atoms with van der Waals surface area (Å²) in [5.41, 5.74) is 3.27. The monoisotopic (exact) mass is 618 g/mol. The summed E-state index contributed by atoms with van der Waals surface area (Å²) in [7, 11) is 0. The first kappa shape index (κ1) is 31.9. The van der Waals surface area contributed by atoms with Crippen molar-refractivity contribution in [2.75, 3.05) is 25.6 Å². The van der Waals surface area contributed by atoms with Gasteiger partial charge in [-0.2, -0.15) is 26.3 Å². The number of carbonyl (C=O) groups is 1. The van der Waals surface area contributed by atoms with Crippen LogP contribution in [0.2, 0.25) is 0 Å². The van der Waals surface area contributed by atoms with Crippen LogP contribution in [0.1, 0.15) is 49.1 Å². The van der Waals surface area contributed by atoms with E-state index in [-0.39, 0.29) is 36.8 Å². The molecule has 2 heterocycles. The predicted molar refractivity (Wildman–Crippen MR) is 137 cm³/mol. The molecule has 2 aromatic carbocycles. The van der Waals surface area contributed by atoms with Crippen molar-refractivity contribution in [3.8, 4) is 17.0 Å². The molecule has 0 spiro atoms. The number of halogens is 6. The van der Waals surface area contributed by atoms with E-state index in [4.69, 9.17) is 29.4 Å². The number of rotatable bonds is 10. The lowest BCUT2D eigenvalue weighted by atomic mass is 10.0. The summed E-state index contributed by atoms with van der Waals surface area (Å²) in [6, 6.07) is 6.96. The third kappa shape index (κ3) is 8.73. The molecule has 1 aromatic heterocycles. The molecule has 2 N–H and O–H groups in total. The van der Waals surface area contributed by atoms with Crippen LogP contribution in [0.15, 0.2) is 42.5 Å². The van der Waals surface area contributed by atoms with E-state index in [2.05, 4.69) is 10.2 Å². The molecular weight excluding hydrogens is 590 g/mol. The minimum atomic E-state index is -4.89. The standard InChI is InChI=1S/C27H28F6N4O6/c1-16(43-25(38)41-12-11-40-22-7-2-3-10-39-22)37-35-23(24(34)36-37)17-5-4-6-20(14-17)42-15-18-13-19(26(28,29)30)8-9-21(18)27(31,32)33/h4-6,8-9,13-14,16,22H,2-3,7,10-12,15H2,1H3,(H2,34,36). The number of anilines is 1. The van der Waals surface area contributed by atoms with Gasteiger partial charge in [-0.05, 0) is 56.5 Å². The number of nitrogens with zero attached hydrogens (tertiary/aromatic N) is 3.